The zero-order valence-electron chi connectivity index (χ0n) is 9.56. The molecule has 0 bridgehead atoms. The normalized spacial score (nSPS) is 18.2. The van der Waals surface area contributed by atoms with Crippen LogP contribution in [0.15, 0.2) is 0 Å². The van der Waals surface area contributed by atoms with Crippen LogP contribution in [0.1, 0.15) is 33.6 Å². The molecule has 1 aliphatic carbocycles. The molecule has 0 aromatic rings. The van der Waals surface area contributed by atoms with E-state index in [9.17, 15) is 0 Å². The number of nitrogens with one attached hydrogen (secondary N) is 1. The highest BCUT2D eigenvalue weighted by Gasteiger charge is 2.25. The van der Waals surface area contributed by atoms with Crippen molar-refractivity contribution < 1.29 is 0 Å². The molecule has 0 aliphatic heterocycles. The molecular weight excluding hydrogens is 160 g/mol. The summed E-state index contributed by atoms with van der Waals surface area (Å²) in [5.74, 6) is 0. The van der Waals surface area contributed by atoms with E-state index in [0.717, 1.165) is 19.1 Å². The molecule has 1 N–H and O–H groups in total. The molecular formula is C11H24N2. The highest BCUT2D eigenvalue weighted by Crippen LogP contribution is 2.22. The first-order chi connectivity index (χ1) is 6.03. The molecule has 1 fully saturated rings. The van der Waals surface area contributed by atoms with Gasteiger partial charge in [0.05, 0.1) is 0 Å². The van der Waals surface area contributed by atoms with Crippen LogP contribution in [0, 0.1) is 5.41 Å². The molecule has 78 valence electrons. The Labute approximate surface area is 82.7 Å². The summed E-state index contributed by atoms with van der Waals surface area (Å²) < 4.78 is 0. The van der Waals surface area contributed by atoms with Gasteiger partial charge in [-0.25, -0.2) is 0 Å². The number of hydrogen-bond donors (Lipinski definition) is 1. The zero-order chi connectivity index (χ0) is 9.90. The molecule has 0 saturated heterocycles. The number of hydrogen-bond acceptors (Lipinski definition) is 2. The highest BCUT2D eigenvalue weighted by atomic mass is 15.1. The number of nitrogens with zero attached hydrogens (tertiary/aromatic N) is 1. The van der Waals surface area contributed by atoms with Gasteiger partial charge in [-0.05, 0) is 31.8 Å². The van der Waals surface area contributed by atoms with Crippen LogP contribution in [0.25, 0.3) is 0 Å². The van der Waals surface area contributed by atoms with Crippen molar-refractivity contribution in [2.75, 3.05) is 26.7 Å². The fourth-order valence-corrected chi connectivity index (χ4v) is 1.61. The van der Waals surface area contributed by atoms with Gasteiger partial charge in [-0.3, -0.25) is 0 Å². The van der Waals surface area contributed by atoms with Crippen molar-refractivity contribution in [3.63, 3.8) is 0 Å². The van der Waals surface area contributed by atoms with Gasteiger partial charge in [0.2, 0.25) is 0 Å². The van der Waals surface area contributed by atoms with Crippen molar-refractivity contribution in [2.24, 2.45) is 5.41 Å². The van der Waals surface area contributed by atoms with Gasteiger partial charge in [-0.1, -0.05) is 20.8 Å². The van der Waals surface area contributed by atoms with Crippen LogP contribution in [0.4, 0.5) is 0 Å². The minimum absolute atomic E-state index is 0.410. The van der Waals surface area contributed by atoms with E-state index in [0.29, 0.717) is 5.41 Å². The second-order valence-corrected chi connectivity index (χ2v) is 5.15. The molecule has 0 atom stereocenters. The van der Waals surface area contributed by atoms with Gasteiger partial charge >= 0.3 is 0 Å². The Hall–Kier alpha value is -0.0800. The maximum absolute atomic E-state index is 3.60. The summed E-state index contributed by atoms with van der Waals surface area (Å²) in [4.78, 5) is 2.38. The lowest BCUT2D eigenvalue weighted by Crippen LogP contribution is -2.39. The molecule has 2 nitrogen and oxygen atoms in total. The van der Waals surface area contributed by atoms with E-state index in [4.69, 9.17) is 0 Å². The predicted molar refractivity (Wildman–Crippen MR) is 58.0 cm³/mol. The largest absolute Gasteiger partial charge is 0.313 e. The smallest absolute Gasteiger partial charge is 0.00684 e. The van der Waals surface area contributed by atoms with Gasteiger partial charge in [0, 0.05) is 19.1 Å². The summed E-state index contributed by atoms with van der Waals surface area (Å²) in [7, 11) is 2.19. The number of rotatable bonds is 6. The van der Waals surface area contributed by atoms with Crippen molar-refractivity contribution in [2.45, 2.75) is 39.7 Å². The summed E-state index contributed by atoms with van der Waals surface area (Å²) in [6, 6.07) is 0.839. The van der Waals surface area contributed by atoms with Crippen LogP contribution in [0.3, 0.4) is 0 Å². The molecule has 1 saturated carbocycles. The first-order valence-electron chi connectivity index (χ1n) is 5.45. The van der Waals surface area contributed by atoms with E-state index in [1.807, 2.05) is 0 Å². The Morgan fingerprint density at radius 1 is 1.38 bits per heavy atom. The van der Waals surface area contributed by atoms with Gasteiger partial charge in [-0.2, -0.15) is 0 Å². The van der Waals surface area contributed by atoms with Crippen LogP contribution < -0.4 is 5.32 Å². The van der Waals surface area contributed by atoms with Crippen molar-refractivity contribution in [1.82, 2.24) is 10.2 Å². The summed E-state index contributed by atoms with van der Waals surface area (Å²) in [6.45, 7) is 10.4. The van der Waals surface area contributed by atoms with Gasteiger partial charge in [0.15, 0.2) is 0 Å². The fraction of sp³-hybridized carbons (Fsp3) is 1.00. The van der Waals surface area contributed by atoms with E-state index in [1.54, 1.807) is 0 Å². The van der Waals surface area contributed by atoms with Gasteiger partial charge in [-0.15, -0.1) is 0 Å². The van der Waals surface area contributed by atoms with E-state index in [-0.39, 0.29) is 0 Å². The minimum atomic E-state index is 0.410. The molecule has 13 heavy (non-hydrogen) atoms. The van der Waals surface area contributed by atoms with Gasteiger partial charge < -0.3 is 10.2 Å². The first kappa shape index (κ1) is 11.0. The molecule has 0 aromatic carbocycles. The van der Waals surface area contributed by atoms with E-state index in [1.165, 1.54) is 19.4 Å². The molecule has 1 rings (SSSR count). The third kappa shape index (κ3) is 4.63. The maximum Gasteiger partial charge on any atom is 0.00684 e. The van der Waals surface area contributed by atoms with Crippen LogP contribution in [-0.4, -0.2) is 37.6 Å². The van der Waals surface area contributed by atoms with Gasteiger partial charge in [0.1, 0.15) is 0 Å². The van der Waals surface area contributed by atoms with Gasteiger partial charge in [0.25, 0.3) is 0 Å². The van der Waals surface area contributed by atoms with Crippen molar-refractivity contribution >= 4 is 0 Å². The van der Waals surface area contributed by atoms with Crippen molar-refractivity contribution in [1.29, 1.82) is 0 Å². The monoisotopic (exact) mass is 184 g/mol. The third-order valence-corrected chi connectivity index (χ3v) is 2.68. The minimum Gasteiger partial charge on any atom is -0.313 e. The third-order valence-electron chi connectivity index (χ3n) is 2.68. The predicted octanol–water partition coefficient (Wildman–Crippen LogP) is 1.72. The topological polar surface area (TPSA) is 15.3 Å². The summed E-state index contributed by atoms with van der Waals surface area (Å²) in [5.41, 5.74) is 0.410. The summed E-state index contributed by atoms with van der Waals surface area (Å²) in [5, 5.41) is 3.60. The summed E-state index contributed by atoms with van der Waals surface area (Å²) in [6.07, 6.45) is 2.78. The average molecular weight is 184 g/mol. The second-order valence-electron chi connectivity index (χ2n) is 5.15. The average Bonchev–Trinajstić information content (AvgIpc) is 2.83. The van der Waals surface area contributed by atoms with E-state index < -0.39 is 0 Å². The molecule has 0 heterocycles. The Bertz CT molecular complexity index is 150. The Morgan fingerprint density at radius 3 is 2.46 bits per heavy atom. The van der Waals surface area contributed by atoms with Crippen LogP contribution in [0.5, 0.6) is 0 Å². The molecule has 0 spiro atoms. The quantitative estimate of drug-likeness (QED) is 0.676. The molecule has 2 heteroatoms. The Morgan fingerprint density at radius 2 is 2.00 bits per heavy atom. The molecule has 0 unspecified atom stereocenters. The van der Waals surface area contributed by atoms with E-state index >= 15 is 0 Å². The van der Waals surface area contributed by atoms with Crippen molar-refractivity contribution in [3.8, 4) is 0 Å². The molecule has 0 amide bonds. The molecule has 1 aliphatic rings. The summed E-state index contributed by atoms with van der Waals surface area (Å²) >= 11 is 0. The molecule has 0 radical (unpaired) electrons. The Kier molecular flexibility index (Phi) is 3.74. The standard InChI is InChI=1S/C11H24N2/c1-5-13(4)9-11(2,3)8-12-10-6-7-10/h10,12H,5-9H2,1-4H3. The second kappa shape index (κ2) is 4.43. The first-order valence-corrected chi connectivity index (χ1v) is 5.45. The Balaban J connectivity index is 2.17. The SMILES string of the molecule is CCN(C)CC(C)(C)CNC1CC1. The molecule has 0 aromatic heterocycles. The highest BCUT2D eigenvalue weighted by molar-refractivity contribution is 4.84. The zero-order valence-corrected chi connectivity index (χ0v) is 9.56. The maximum atomic E-state index is 3.60. The lowest BCUT2D eigenvalue weighted by atomic mass is 9.93. The lowest BCUT2D eigenvalue weighted by Gasteiger charge is -2.30. The lowest BCUT2D eigenvalue weighted by molar-refractivity contribution is 0.210. The van der Waals surface area contributed by atoms with Crippen LogP contribution in [0.2, 0.25) is 0 Å². The van der Waals surface area contributed by atoms with Crippen LogP contribution in [-0.2, 0) is 0 Å². The van der Waals surface area contributed by atoms with Crippen molar-refractivity contribution in [3.05, 3.63) is 0 Å². The van der Waals surface area contributed by atoms with E-state index in [2.05, 4.69) is 38.0 Å². The van der Waals surface area contributed by atoms with Crippen LogP contribution >= 0.6 is 0 Å². The fourth-order valence-electron chi connectivity index (χ4n) is 1.61.